The van der Waals surface area contributed by atoms with E-state index in [-0.39, 0.29) is 5.56 Å². The van der Waals surface area contributed by atoms with Gasteiger partial charge < -0.3 is 4.90 Å². The van der Waals surface area contributed by atoms with Gasteiger partial charge in [0.1, 0.15) is 0 Å². The van der Waals surface area contributed by atoms with Crippen molar-refractivity contribution in [2.24, 2.45) is 0 Å². The van der Waals surface area contributed by atoms with Crippen molar-refractivity contribution >= 4 is 5.69 Å². The molecule has 2 rings (SSSR count). The number of rotatable bonds is 2. The molecule has 0 amide bonds. The lowest BCUT2D eigenvalue weighted by Crippen LogP contribution is -2.37. The van der Waals surface area contributed by atoms with Crippen molar-refractivity contribution in [3.8, 4) is 6.07 Å². The van der Waals surface area contributed by atoms with E-state index >= 15 is 0 Å². The number of nitriles is 1. The predicted octanol–water partition coefficient (Wildman–Crippen LogP) is 3.57. The maximum Gasteiger partial charge on any atom is 0.417 e. The van der Waals surface area contributed by atoms with E-state index in [1.54, 1.807) is 19.2 Å². The standard InChI is InChI=1S/C13H13F3N2/c1-18(10-3-2-4-10)11-6-5-9(8-17)12(7-11)13(14,15)16/h5-7,10H,2-4H2,1H3. The topological polar surface area (TPSA) is 27.0 Å². The molecular formula is C13H13F3N2. The Labute approximate surface area is 104 Å². The monoisotopic (exact) mass is 254 g/mol. The van der Waals surface area contributed by atoms with Crippen LogP contribution in [0.1, 0.15) is 30.4 Å². The lowest BCUT2D eigenvalue weighted by Gasteiger charge is -2.36. The van der Waals surface area contributed by atoms with Crippen LogP contribution in [0.3, 0.4) is 0 Å². The largest absolute Gasteiger partial charge is 0.417 e. The fourth-order valence-electron chi connectivity index (χ4n) is 2.07. The Morgan fingerprint density at radius 2 is 2.00 bits per heavy atom. The van der Waals surface area contributed by atoms with Crippen molar-refractivity contribution in [3.05, 3.63) is 29.3 Å². The van der Waals surface area contributed by atoms with Crippen LogP contribution in [0.25, 0.3) is 0 Å². The summed E-state index contributed by atoms with van der Waals surface area (Å²) in [6, 6.07) is 5.79. The second-order valence-electron chi connectivity index (χ2n) is 4.54. The number of hydrogen-bond donors (Lipinski definition) is 0. The van der Waals surface area contributed by atoms with E-state index in [4.69, 9.17) is 5.26 Å². The molecule has 1 aromatic rings. The fraction of sp³-hybridized carbons (Fsp3) is 0.462. The van der Waals surface area contributed by atoms with Crippen LogP contribution in [0.15, 0.2) is 18.2 Å². The van der Waals surface area contributed by atoms with Crippen LogP contribution in [0.2, 0.25) is 0 Å². The lowest BCUT2D eigenvalue weighted by atomic mass is 9.91. The van der Waals surface area contributed by atoms with Crippen molar-refractivity contribution in [1.82, 2.24) is 0 Å². The Kier molecular flexibility index (Phi) is 3.20. The molecule has 0 heterocycles. The van der Waals surface area contributed by atoms with Gasteiger partial charge in [-0.3, -0.25) is 0 Å². The minimum atomic E-state index is -4.48. The summed E-state index contributed by atoms with van der Waals surface area (Å²) in [6.45, 7) is 0. The first-order valence-corrected chi connectivity index (χ1v) is 5.77. The highest BCUT2D eigenvalue weighted by Crippen LogP contribution is 2.36. The summed E-state index contributed by atoms with van der Waals surface area (Å²) in [5.74, 6) is 0. The minimum Gasteiger partial charge on any atom is -0.372 e. The Morgan fingerprint density at radius 1 is 1.33 bits per heavy atom. The Morgan fingerprint density at radius 3 is 2.44 bits per heavy atom. The summed E-state index contributed by atoms with van der Waals surface area (Å²) in [6.07, 6.45) is -1.34. The molecule has 18 heavy (non-hydrogen) atoms. The van der Waals surface area contributed by atoms with E-state index in [2.05, 4.69) is 0 Å². The van der Waals surface area contributed by atoms with Crippen molar-refractivity contribution in [1.29, 1.82) is 5.26 Å². The van der Waals surface area contributed by atoms with E-state index in [1.165, 1.54) is 6.07 Å². The van der Waals surface area contributed by atoms with Gasteiger partial charge in [-0.1, -0.05) is 0 Å². The first-order chi connectivity index (χ1) is 8.43. The molecule has 2 nitrogen and oxygen atoms in total. The Hall–Kier alpha value is -1.70. The highest BCUT2D eigenvalue weighted by Gasteiger charge is 2.34. The maximum absolute atomic E-state index is 12.8. The van der Waals surface area contributed by atoms with Crippen LogP contribution in [0.4, 0.5) is 18.9 Å². The summed E-state index contributed by atoms with van der Waals surface area (Å²) in [7, 11) is 1.80. The molecule has 0 aliphatic heterocycles. The second kappa shape index (κ2) is 4.52. The minimum absolute atomic E-state index is 0.319. The summed E-state index contributed by atoms with van der Waals surface area (Å²) in [5.41, 5.74) is -0.659. The van der Waals surface area contributed by atoms with Crippen LogP contribution >= 0.6 is 0 Å². The number of hydrogen-bond acceptors (Lipinski definition) is 2. The van der Waals surface area contributed by atoms with Gasteiger partial charge in [0.25, 0.3) is 0 Å². The average molecular weight is 254 g/mol. The zero-order chi connectivity index (χ0) is 13.3. The SMILES string of the molecule is CN(c1ccc(C#N)c(C(F)(F)F)c1)C1CCC1. The molecule has 0 bridgehead atoms. The molecule has 96 valence electrons. The van der Waals surface area contributed by atoms with Gasteiger partial charge in [0.2, 0.25) is 0 Å². The van der Waals surface area contributed by atoms with Crippen molar-refractivity contribution in [3.63, 3.8) is 0 Å². The van der Waals surface area contributed by atoms with Gasteiger partial charge in [-0.05, 0) is 37.5 Å². The van der Waals surface area contributed by atoms with Crippen molar-refractivity contribution in [2.45, 2.75) is 31.5 Å². The van der Waals surface area contributed by atoms with Gasteiger partial charge in [-0.2, -0.15) is 18.4 Å². The average Bonchev–Trinajstić information content (AvgIpc) is 2.24. The van der Waals surface area contributed by atoms with Gasteiger partial charge in [0.15, 0.2) is 0 Å². The quantitative estimate of drug-likeness (QED) is 0.806. The molecular weight excluding hydrogens is 241 g/mol. The molecule has 0 aromatic heterocycles. The smallest absolute Gasteiger partial charge is 0.372 e. The molecule has 0 unspecified atom stereocenters. The molecule has 1 aliphatic rings. The predicted molar refractivity (Wildman–Crippen MR) is 62.2 cm³/mol. The number of alkyl halides is 3. The van der Waals surface area contributed by atoms with E-state index in [1.807, 2.05) is 4.90 Å². The number of nitrogens with zero attached hydrogens (tertiary/aromatic N) is 2. The van der Waals surface area contributed by atoms with E-state index in [9.17, 15) is 13.2 Å². The third-order valence-corrected chi connectivity index (χ3v) is 3.46. The van der Waals surface area contributed by atoms with Gasteiger partial charge in [0, 0.05) is 18.8 Å². The normalized spacial score (nSPS) is 15.9. The second-order valence-corrected chi connectivity index (χ2v) is 4.54. The van der Waals surface area contributed by atoms with Crippen molar-refractivity contribution < 1.29 is 13.2 Å². The first kappa shape index (κ1) is 12.7. The molecule has 0 spiro atoms. The first-order valence-electron chi connectivity index (χ1n) is 5.77. The van der Waals surface area contributed by atoms with E-state index < -0.39 is 11.7 Å². The van der Waals surface area contributed by atoms with Crippen molar-refractivity contribution in [2.75, 3.05) is 11.9 Å². The van der Waals surface area contributed by atoms with E-state index in [0.29, 0.717) is 11.7 Å². The molecule has 0 N–H and O–H groups in total. The number of halogens is 3. The highest BCUT2D eigenvalue weighted by molar-refractivity contribution is 5.55. The summed E-state index contributed by atoms with van der Waals surface area (Å²) < 4.78 is 38.4. The summed E-state index contributed by atoms with van der Waals surface area (Å²) >= 11 is 0. The van der Waals surface area contributed by atoms with Crippen LogP contribution in [0.5, 0.6) is 0 Å². The molecule has 1 aromatic carbocycles. The Bertz CT molecular complexity index is 484. The Balaban J connectivity index is 2.36. The van der Waals surface area contributed by atoms with Crippen LogP contribution in [0, 0.1) is 11.3 Å². The highest BCUT2D eigenvalue weighted by atomic mass is 19.4. The fourth-order valence-corrected chi connectivity index (χ4v) is 2.07. The van der Waals surface area contributed by atoms with Gasteiger partial charge in [-0.25, -0.2) is 0 Å². The molecule has 1 fully saturated rings. The van der Waals surface area contributed by atoms with Crippen LogP contribution in [-0.4, -0.2) is 13.1 Å². The molecule has 1 saturated carbocycles. The van der Waals surface area contributed by atoms with Gasteiger partial charge in [-0.15, -0.1) is 0 Å². The van der Waals surface area contributed by atoms with Gasteiger partial charge in [0.05, 0.1) is 17.2 Å². The zero-order valence-corrected chi connectivity index (χ0v) is 9.96. The van der Waals surface area contributed by atoms with Crippen LogP contribution in [-0.2, 0) is 6.18 Å². The van der Waals surface area contributed by atoms with E-state index in [0.717, 1.165) is 25.3 Å². The van der Waals surface area contributed by atoms with Crippen LogP contribution < -0.4 is 4.90 Å². The number of anilines is 1. The summed E-state index contributed by atoms with van der Waals surface area (Å²) in [5, 5.41) is 8.71. The molecule has 0 atom stereocenters. The lowest BCUT2D eigenvalue weighted by molar-refractivity contribution is -0.137. The van der Waals surface area contributed by atoms with Gasteiger partial charge >= 0.3 is 6.18 Å². The molecule has 0 saturated heterocycles. The molecule has 0 radical (unpaired) electrons. The molecule has 1 aliphatic carbocycles. The molecule has 5 heteroatoms. The third kappa shape index (κ3) is 2.28. The number of benzene rings is 1. The maximum atomic E-state index is 12.8. The third-order valence-electron chi connectivity index (χ3n) is 3.46. The zero-order valence-electron chi connectivity index (χ0n) is 9.96. The summed E-state index contributed by atoms with van der Waals surface area (Å²) in [4.78, 5) is 1.86.